The Morgan fingerprint density at radius 3 is 2.63 bits per heavy atom. The van der Waals surface area contributed by atoms with Crippen molar-refractivity contribution < 1.29 is 14.3 Å². The molecule has 7 heteroatoms. The van der Waals surface area contributed by atoms with Crippen LogP contribution in [-0.4, -0.2) is 37.0 Å². The molecule has 0 radical (unpaired) electrons. The zero-order valence-electron chi connectivity index (χ0n) is 17.4. The summed E-state index contributed by atoms with van der Waals surface area (Å²) in [5.74, 6) is 1.52. The second kappa shape index (κ2) is 12.7. The van der Waals surface area contributed by atoms with Gasteiger partial charge in [0.25, 0.3) is 0 Å². The number of amides is 1. The predicted molar refractivity (Wildman–Crippen MR) is 123 cm³/mol. The number of benzene rings is 2. The maximum atomic E-state index is 11.6. The number of halogens is 2. The molecule has 1 aliphatic rings. The summed E-state index contributed by atoms with van der Waals surface area (Å²) in [6.45, 7) is 6.18. The number of rotatable bonds is 11. The number of hydrogen-bond acceptors (Lipinski definition) is 4. The van der Waals surface area contributed by atoms with Crippen molar-refractivity contribution in [1.82, 2.24) is 10.2 Å². The third-order valence-electron chi connectivity index (χ3n) is 4.88. The van der Waals surface area contributed by atoms with Crippen LogP contribution in [0.25, 0.3) is 0 Å². The van der Waals surface area contributed by atoms with Gasteiger partial charge in [0.15, 0.2) is 11.5 Å². The molecule has 1 fully saturated rings. The first-order valence-electron chi connectivity index (χ1n) is 10.3. The molecular weight excluding hydrogens is 423 g/mol. The van der Waals surface area contributed by atoms with Gasteiger partial charge < -0.3 is 19.7 Å². The van der Waals surface area contributed by atoms with Crippen LogP contribution in [0.4, 0.5) is 0 Å². The van der Waals surface area contributed by atoms with Gasteiger partial charge in [-0.25, -0.2) is 0 Å². The predicted octanol–water partition coefficient (Wildman–Crippen LogP) is 4.84. The number of likely N-dealkylation sites (tertiary alicyclic amines) is 1. The van der Waals surface area contributed by atoms with Gasteiger partial charge in [-0.2, -0.15) is 0 Å². The SMILES string of the molecule is CCOc1cc(CNCCCN2CCCC2=O)cc(Cl)c1OCc1ccccc1.Cl. The van der Waals surface area contributed by atoms with Crippen LogP contribution in [0, 0.1) is 0 Å². The first-order chi connectivity index (χ1) is 14.2. The van der Waals surface area contributed by atoms with Crippen LogP contribution < -0.4 is 14.8 Å². The molecule has 0 unspecified atom stereocenters. The summed E-state index contributed by atoms with van der Waals surface area (Å²) in [6.07, 6.45) is 2.63. The van der Waals surface area contributed by atoms with E-state index in [-0.39, 0.29) is 18.3 Å². The highest BCUT2D eigenvalue weighted by Crippen LogP contribution is 2.37. The summed E-state index contributed by atoms with van der Waals surface area (Å²) in [4.78, 5) is 13.6. The third-order valence-corrected chi connectivity index (χ3v) is 5.16. The Bertz CT molecular complexity index is 803. The van der Waals surface area contributed by atoms with Crippen molar-refractivity contribution in [3.8, 4) is 11.5 Å². The van der Waals surface area contributed by atoms with Gasteiger partial charge in [0.1, 0.15) is 6.61 Å². The lowest BCUT2D eigenvalue weighted by Crippen LogP contribution is -2.28. The molecule has 3 rings (SSSR count). The largest absolute Gasteiger partial charge is 0.490 e. The summed E-state index contributed by atoms with van der Waals surface area (Å²) in [5.41, 5.74) is 2.12. The summed E-state index contributed by atoms with van der Waals surface area (Å²) in [6, 6.07) is 13.9. The lowest BCUT2D eigenvalue weighted by Gasteiger charge is -2.17. The molecule has 164 valence electrons. The van der Waals surface area contributed by atoms with Crippen LogP contribution in [0.3, 0.4) is 0 Å². The molecule has 0 bridgehead atoms. The standard InChI is InChI=1S/C23H29ClN2O3.ClH/c1-2-28-21-15-19(16-25-11-7-13-26-12-6-10-22(26)27)14-20(24)23(21)29-17-18-8-4-3-5-9-18;/h3-5,8-9,14-15,25H,2,6-7,10-13,16-17H2,1H3;1H. The Morgan fingerprint density at radius 1 is 1.13 bits per heavy atom. The molecule has 30 heavy (non-hydrogen) atoms. The molecule has 1 aliphatic heterocycles. The van der Waals surface area contributed by atoms with E-state index >= 15 is 0 Å². The Kier molecular flexibility index (Phi) is 10.3. The number of hydrogen-bond donors (Lipinski definition) is 1. The van der Waals surface area contributed by atoms with Crippen molar-refractivity contribution in [1.29, 1.82) is 0 Å². The summed E-state index contributed by atoms with van der Waals surface area (Å²) >= 11 is 6.50. The van der Waals surface area contributed by atoms with E-state index in [2.05, 4.69) is 5.32 Å². The van der Waals surface area contributed by atoms with Gasteiger partial charge >= 0.3 is 0 Å². The Balaban J connectivity index is 0.00000320. The van der Waals surface area contributed by atoms with E-state index in [1.165, 1.54) is 0 Å². The molecule has 1 saturated heterocycles. The molecule has 1 heterocycles. The molecule has 2 aromatic rings. The van der Waals surface area contributed by atoms with Crippen LogP contribution in [0.15, 0.2) is 42.5 Å². The normalized spacial score (nSPS) is 13.3. The van der Waals surface area contributed by atoms with Gasteiger partial charge in [0.2, 0.25) is 5.91 Å². The van der Waals surface area contributed by atoms with E-state index in [0.717, 1.165) is 43.6 Å². The first kappa shape index (κ1) is 24.3. The second-order valence-corrected chi connectivity index (χ2v) is 7.53. The van der Waals surface area contributed by atoms with E-state index in [0.29, 0.717) is 42.7 Å². The van der Waals surface area contributed by atoms with Gasteiger partial charge in [0.05, 0.1) is 11.6 Å². The lowest BCUT2D eigenvalue weighted by atomic mass is 10.2. The summed E-state index contributed by atoms with van der Waals surface area (Å²) < 4.78 is 11.7. The fourth-order valence-corrected chi connectivity index (χ4v) is 3.71. The lowest BCUT2D eigenvalue weighted by molar-refractivity contribution is -0.127. The van der Waals surface area contributed by atoms with Crippen LogP contribution >= 0.6 is 24.0 Å². The average Bonchev–Trinajstić information content (AvgIpc) is 3.13. The Morgan fingerprint density at radius 2 is 1.93 bits per heavy atom. The number of carbonyl (C=O) groups excluding carboxylic acids is 1. The molecule has 1 N–H and O–H groups in total. The molecule has 0 atom stereocenters. The molecule has 0 spiro atoms. The van der Waals surface area contributed by atoms with E-state index in [4.69, 9.17) is 21.1 Å². The second-order valence-electron chi connectivity index (χ2n) is 7.13. The number of carbonyl (C=O) groups is 1. The number of nitrogens with one attached hydrogen (secondary N) is 1. The van der Waals surface area contributed by atoms with Crippen LogP contribution in [-0.2, 0) is 17.9 Å². The molecular formula is C23H30Cl2N2O3. The molecule has 2 aromatic carbocycles. The van der Waals surface area contributed by atoms with Crippen molar-refractivity contribution in [3.63, 3.8) is 0 Å². The fourth-order valence-electron chi connectivity index (χ4n) is 3.42. The van der Waals surface area contributed by atoms with Crippen LogP contribution in [0.2, 0.25) is 5.02 Å². The summed E-state index contributed by atoms with van der Waals surface area (Å²) in [7, 11) is 0. The number of nitrogens with zero attached hydrogens (tertiary/aromatic N) is 1. The minimum Gasteiger partial charge on any atom is -0.490 e. The maximum Gasteiger partial charge on any atom is 0.222 e. The van der Waals surface area contributed by atoms with E-state index in [9.17, 15) is 4.79 Å². The maximum absolute atomic E-state index is 11.6. The van der Waals surface area contributed by atoms with Crippen molar-refractivity contribution in [2.45, 2.75) is 39.3 Å². The highest BCUT2D eigenvalue weighted by molar-refractivity contribution is 6.32. The molecule has 0 aromatic heterocycles. The van der Waals surface area contributed by atoms with E-state index in [1.807, 2.05) is 54.3 Å². The third kappa shape index (κ3) is 7.08. The van der Waals surface area contributed by atoms with Gasteiger partial charge in [-0.3, -0.25) is 4.79 Å². The fraction of sp³-hybridized carbons (Fsp3) is 0.435. The van der Waals surface area contributed by atoms with Crippen molar-refractivity contribution in [2.24, 2.45) is 0 Å². The highest BCUT2D eigenvalue weighted by Gasteiger charge is 2.19. The molecule has 5 nitrogen and oxygen atoms in total. The minimum absolute atomic E-state index is 0. The first-order valence-corrected chi connectivity index (χ1v) is 10.7. The van der Waals surface area contributed by atoms with Crippen molar-refractivity contribution in [3.05, 3.63) is 58.6 Å². The van der Waals surface area contributed by atoms with E-state index in [1.54, 1.807) is 0 Å². The zero-order valence-corrected chi connectivity index (χ0v) is 18.9. The quantitative estimate of drug-likeness (QED) is 0.495. The Labute approximate surface area is 190 Å². The van der Waals surface area contributed by atoms with Gasteiger partial charge in [-0.15, -0.1) is 12.4 Å². The van der Waals surface area contributed by atoms with Gasteiger partial charge in [-0.05, 0) is 49.6 Å². The average molecular weight is 453 g/mol. The van der Waals surface area contributed by atoms with E-state index < -0.39 is 0 Å². The molecule has 1 amide bonds. The monoisotopic (exact) mass is 452 g/mol. The topological polar surface area (TPSA) is 50.8 Å². The van der Waals surface area contributed by atoms with Gasteiger partial charge in [-0.1, -0.05) is 41.9 Å². The highest BCUT2D eigenvalue weighted by atomic mass is 35.5. The zero-order chi connectivity index (χ0) is 20.5. The van der Waals surface area contributed by atoms with Crippen molar-refractivity contribution >= 4 is 29.9 Å². The van der Waals surface area contributed by atoms with Gasteiger partial charge in [0, 0.05) is 26.1 Å². The molecule has 0 aliphatic carbocycles. The van der Waals surface area contributed by atoms with Crippen LogP contribution in [0.5, 0.6) is 11.5 Å². The smallest absolute Gasteiger partial charge is 0.222 e. The molecule has 0 saturated carbocycles. The summed E-state index contributed by atoms with van der Waals surface area (Å²) in [5, 5.41) is 3.97. The number of ether oxygens (including phenoxy) is 2. The minimum atomic E-state index is 0. The Hall–Kier alpha value is -1.95. The van der Waals surface area contributed by atoms with Crippen LogP contribution in [0.1, 0.15) is 37.3 Å². The van der Waals surface area contributed by atoms with Crippen molar-refractivity contribution in [2.75, 3.05) is 26.2 Å².